The first-order valence-electron chi connectivity index (χ1n) is 8.06. The van der Waals surface area contributed by atoms with Crippen LogP contribution in [-0.2, 0) is 11.2 Å². The molecular formula is C15H27IN6O3. The minimum atomic E-state index is -0.484. The maximum atomic E-state index is 12.0. The van der Waals surface area contributed by atoms with Gasteiger partial charge in [-0.15, -0.1) is 24.0 Å². The van der Waals surface area contributed by atoms with E-state index in [1.165, 1.54) is 0 Å². The van der Waals surface area contributed by atoms with Crippen molar-refractivity contribution in [1.29, 1.82) is 0 Å². The number of aromatic nitrogens is 2. The Morgan fingerprint density at radius 3 is 2.40 bits per heavy atom. The van der Waals surface area contributed by atoms with Crippen molar-refractivity contribution < 1.29 is 14.1 Å². The van der Waals surface area contributed by atoms with Crippen molar-refractivity contribution in [3.8, 4) is 0 Å². The molecule has 0 bridgehead atoms. The van der Waals surface area contributed by atoms with Crippen molar-refractivity contribution >= 4 is 36.0 Å². The van der Waals surface area contributed by atoms with Gasteiger partial charge in [0.05, 0.1) is 6.54 Å². The quantitative estimate of drug-likeness (QED) is 0.408. The summed E-state index contributed by atoms with van der Waals surface area (Å²) in [5.74, 6) is 1.63. The van der Waals surface area contributed by atoms with Crippen molar-refractivity contribution in [1.82, 2.24) is 19.9 Å². The molecule has 1 aliphatic rings. The van der Waals surface area contributed by atoms with E-state index in [1.54, 1.807) is 11.8 Å². The first-order chi connectivity index (χ1) is 11.2. The SMILES string of the molecule is Cc1noc(CCN=C(N)N2CCN(C(=O)OC(C)(C)C)CC2)n1.I. The molecule has 1 saturated heterocycles. The van der Waals surface area contributed by atoms with E-state index in [0.29, 0.717) is 56.8 Å². The second-order valence-corrected chi connectivity index (χ2v) is 6.68. The highest BCUT2D eigenvalue weighted by atomic mass is 127. The van der Waals surface area contributed by atoms with E-state index >= 15 is 0 Å². The molecule has 1 aromatic heterocycles. The Balaban J connectivity index is 0.00000312. The molecule has 0 aromatic carbocycles. The summed E-state index contributed by atoms with van der Waals surface area (Å²) in [6.45, 7) is 10.2. The molecule has 9 nitrogen and oxygen atoms in total. The largest absolute Gasteiger partial charge is 0.444 e. The third-order valence-electron chi connectivity index (χ3n) is 3.42. The normalized spacial score (nSPS) is 15.8. The van der Waals surface area contributed by atoms with Crippen LogP contribution in [0.25, 0.3) is 0 Å². The summed E-state index contributed by atoms with van der Waals surface area (Å²) in [6, 6.07) is 0. The van der Waals surface area contributed by atoms with Gasteiger partial charge in [0.15, 0.2) is 11.8 Å². The molecule has 0 saturated carbocycles. The van der Waals surface area contributed by atoms with Crippen molar-refractivity contribution in [2.75, 3.05) is 32.7 Å². The molecule has 1 fully saturated rings. The van der Waals surface area contributed by atoms with Gasteiger partial charge in [-0.2, -0.15) is 4.98 Å². The number of carbonyl (C=O) groups excluding carboxylic acids is 1. The Morgan fingerprint density at radius 1 is 1.28 bits per heavy atom. The van der Waals surface area contributed by atoms with E-state index in [-0.39, 0.29) is 30.1 Å². The number of nitrogens with zero attached hydrogens (tertiary/aromatic N) is 5. The third-order valence-corrected chi connectivity index (χ3v) is 3.42. The van der Waals surface area contributed by atoms with E-state index < -0.39 is 5.60 Å². The Morgan fingerprint density at radius 2 is 1.88 bits per heavy atom. The number of hydrogen-bond donors (Lipinski definition) is 1. The maximum Gasteiger partial charge on any atom is 0.410 e. The fraction of sp³-hybridized carbons (Fsp3) is 0.733. The summed E-state index contributed by atoms with van der Waals surface area (Å²) in [6.07, 6.45) is 0.267. The predicted octanol–water partition coefficient (Wildman–Crippen LogP) is 1.41. The Kier molecular flexibility index (Phi) is 7.90. The van der Waals surface area contributed by atoms with Gasteiger partial charge < -0.3 is 24.8 Å². The average molecular weight is 466 g/mol. The number of piperazine rings is 1. The number of nitrogens with two attached hydrogens (primary N) is 1. The lowest BCUT2D eigenvalue weighted by molar-refractivity contribution is 0.0186. The molecule has 2 N–H and O–H groups in total. The van der Waals surface area contributed by atoms with Gasteiger partial charge in [-0.3, -0.25) is 4.99 Å². The molecule has 0 spiro atoms. The molecule has 0 atom stereocenters. The van der Waals surface area contributed by atoms with Gasteiger partial charge in [-0.25, -0.2) is 4.79 Å². The Labute approximate surface area is 165 Å². The summed E-state index contributed by atoms with van der Waals surface area (Å²) in [5.41, 5.74) is 5.53. The summed E-state index contributed by atoms with van der Waals surface area (Å²) in [5, 5.41) is 3.73. The molecule has 10 heteroatoms. The van der Waals surface area contributed by atoms with Crippen LogP contribution in [-0.4, -0.2) is 70.3 Å². The molecule has 142 valence electrons. The highest BCUT2D eigenvalue weighted by Crippen LogP contribution is 2.11. The second-order valence-electron chi connectivity index (χ2n) is 6.68. The third kappa shape index (κ3) is 7.04. The molecule has 1 amide bonds. The Bertz CT molecular complexity index is 590. The van der Waals surface area contributed by atoms with Gasteiger partial charge in [0.2, 0.25) is 5.89 Å². The van der Waals surface area contributed by atoms with E-state index in [9.17, 15) is 4.79 Å². The first-order valence-corrected chi connectivity index (χ1v) is 8.06. The molecule has 2 heterocycles. The van der Waals surface area contributed by atoms with Gasteiger partial charge in [0.1, 0.15) is 5.60 Å². The molecule has 0 radical (unpaired) electrons. The number of ether oxygens (including phenoxy) is 1. The second kappa shape index (κ2) is 9.20. The van der Waals surface area contributed by atoms with Gasteiger partial charge in [0, 0.05) is 32.6 Å². The summed E-state index contributed by atoms with van der Waals surface area (Å²) < 4.78 is 10.4. The van der Waals surface area contributed by atoms with E-state index in [2.05, 4.69) is 15.1 Å². The molecule has 0 aliphatic carbocycles. The fourth-order valence-electron chi connectivity index (χ4n) is 2.25. The van der Waals surface area contributed by atoms with Gasteiger partial charge in [-0.1, -0.05) is 5.16 Å². The molecule has 2 rings (SSSR count). The number of guanidine groups is 1. The van der Waals surface area contributed by atoms with E-state index in [0.717, 1.165) is 0 Å². The van der Waals surface area contributed by atoms with Crippen LogP contribution in [0.5, 0.6) is 0 Å². The fourth-order valence-corrected chi connectivity index (χ4v) is 2.25. The number of hydrogen-bond acceptors (Lipinski definition) is 6. The lowest BCUT2D eigenvalue weighted by Gasteiger charge is -2.36. The first kappa shape index (κ1) is 21.5. The zero-order chi connectivity index (χ0) is 17.7. The van der Waals surface area contributed by atoms with Gasteiger partial charge >= 0.3 is 6.09 Å². The maximum absolute atomic E-state index is 12.0. The standard InChI is InChI=1S/C15H26N6O3.HI/c1-11-18-12(24-19-11)5-6-17-13(16)20-7-9-21(10-8-20)14(22)23-15(2,3)4;/h5-10H2,1-4H3,(H2,16,17);1H. The number of rotatable bonds is 3. The molecule has 25 heavy (non-hydrogen) atoms. The minimum absolute atomic E-state index is 0. The lowest BCUT2D eigenvalue weighted by Crippen LogP contribution is -2.53. The van der Waals surface area contributed by atoms with Crippen molar-refractivity contribution in [3.63, 3.8) is 0 Å². The van der Waals surface area contributed by atoms with Crippen molar-refractivity contribution in [2.24, 2.45) is 10.7 Å². The van der Waals surface area contributed by atoms with Crippen LogP contribution in [0, 0.1) is 6.92 Å². The lowest BCUT2D eigenvalue weighted by atomic mass is 10.2. The van der Waals surface area contributed by atoms with E-state index in [1.807, 2.05) is 25.7 Å². The van der Waals surface area contributed by atoms with Crippen LogP contribution in [0.1, 0.15) is 32.5 Å². The zero-order valence-corrected chi connectivity index (χ0v) is 17.5. The highest BCUT2D eigenvalue weighted by molar-refractivity contribution is 14.0. The summed E-state index contributed by atoms with van der Waals surface area (Å²) in [7, 11) is 0. The molecule has 1 aromatic rings. The number of aryl methyl sites for hydroxylation is 1. The smallest absolute Gasteiger partial charge is 0.410 e. The van der Waals surface area contributed by atoms with Gasteiger partial charge in [0.25, 0.3) is 0 Å². The minimum Gasteiger partial charge on any atom is -0.444 e. The number of aliphatic imine (C=N–C) groups is 1. The monoisotopic (exact) mass is 466 g/mol. The zero-order valence-electron chi connectivity index (χ0n) is 15.2. The van der Waals surface area contributed by atoms with Crippen LogP contribution >= 0.6 is 24.0 Å². The van der Waals surface area contributed by atoms with E-state index in [4.69, 9.17) is 15.0 Å². The Hall–Kier alpha value is -1.59. The van der Waals surface area contributed by atoms with Crippen LogP contribution in [0.2, 0.25) is 0 Å². The number of carbonyl (C=O) groups is 1. The molecule has 0 unspecified atom stereocenters. The van der Waals surface area contributed by atoms with Crippen LogP contribution in [0.15, 0.2) is 9.52 Å². The highest BCUT2D eigenvalue weighted by Gasteiger charge is 2.26. The topological polar surface area (TPSA) is 110 Å². The summed E-state index contributed by atoms with van der Waals surface area (Å²) >= 11 is 0. The number of amides is 1. The summed E-state index contributed by atoms with van der Waals surface area (Å²) in [4.78, 5) is 24.1. The predicted molar refractivity (Wildman–Crippen MR) is 104 cm³/mol. The number of halogens is 1. The van der Waals surface area contributed by atoms with Crippen LogP contribution in [0.4, 0.5) is 4.79 Å². The van der Waals surface area contributed by atoms with Crippen molar-refractivity contribution in [2.45, 2.75) is 39.7 Å². The average Bonchev–Trinajstić information content (AvgIpc) is 2.91. The molecular weight excluding hydrogens is 439 g/mol. The van der Waals surface area contributed by atoms with Crippen LogP contribution in [0.3, 0.4) is 0 Å². The molecule has 1 aliphatic heterocycles. The van der Waals surface area contributed by atoms with Crippen LogP contribution < -0.4 is 5.73 Å². The van der Waals surface area contributed by atoms with Gasteiger partial charge in [-0.05, 0) is 27.7 Å². The van der Waals surface area contributed by atoms with Crippen molar-refractivity contribution in [3.05, 3.63) is 11.7 Å².